The van der Waals surface area contributed by atoms with Crippen molar-refractivity contribution in [3.63, 3.8) is 0 Å². The first-order valence-corrected chi connectivity index (χ1v) is 7.44. The SMILES string of the molecule is CCC(=O)Nc1ccc(C(=O)N/N=C/Cc2ccccc2)cc1. The van der Waals surface area contributed by atoms with E-state index in [1.54, 1.807) is 37.4 Å². The van der Waals surface area contributed by atoms with Crippen LogP contribution in [0, 0.1) is 0 Å². The van der Waals surface area contributed by atoms with E-state index in [-0.39, 0.29) is 11.8 Å². The summed E-state index contributed by atoms with van der Waals surface area (Å²) in [5.74, 6) is -0.351. The number of hydrogen-bond acceptors (Lipinski definition) is 3. The van der Waals surface area contributed by atoms with Crippen LogP contribution < -0.4 is 10.7 Å². The van der Waals surface area contributed by atoms with Crippen LogP contribution in [0.2, 0.25) is 0 Å². The monoisotopic (exact) mass is 309 g/mol. The van der Waals surface area contributed by atoms with Gasteiger partial charge < -0.3 is 5.32 Å². The fourth-order valence-electron chi connectivity index (χ4n) is 1.89. The molecule has 5 heteroatoms. The molecule has 0 aliphatic rings. The zero-order chi connectivity index (χ0) is 16.5. The summed E-state index contributed by atoms with van der Waals surface area (Å²) in [6.45, 7) is 1.78. The Balaban J connectivity index is 1.84. The lowest BCUT2D eigenvalue weighted by Crippen LogP contribution is -2.17. The molecule has 0 aliphatic carbocycles. The Morgan fingerprint density at radius 3 is 2.39 bits per heavy atom. The van der Waals surface area contributed by atoms with E-state index in [2.05, 4.69) is 15.8 Å². The van der Waals surface area contributed by atoms with Gasteiger partial charge in [0.05, 0.1) is 0 Å². The van der Waals surface area contributed by atoms with Gasteiger partial charge in [0.25, 0.3) is 5.91 Å². The average Bonchev–Trinajstić information content (AvgIpc) is 2.60. The minimum absolute atomic E-state index is 0.0623. The summed E-state index contributed by atoms with van der Waals surface area (Å²) in [5.41, 5.74) is 4.76. The third kappa shape index (κ3) is 5.39. The number of anilines is 1. The fraction of sp³-hybridized carbons (Fsp3) is 0.167. The molecule has 0 spiro atoms. The van der Waals surface area contributed by atoms with Crippen LogP contribution in [-0.4, -0.2) is 18.0 Å². The Kier molecular flexibility index (Phi) is 6.06. The van der Waals surface area contributed by atoms with Crippen LogP contribution >= 0.6 is 0 Å². The van der Waals surface area contributed by atoms with E-state index < -0.39 is 0 Å². The number of carbonyl (C=O) groups excluding carboxylic acids is 2. The summed E-state index contributed by atoms with van der Waals surface area (Å²) in [4.78, 5) is 23.2. The minimum atomic E-state index is -0.289. The Labute approximate surface area is 135 Å². The summed E-state index contributed by atoms with van der Waals surface area (Å²) >= 11 is 0. The first-order valence-electron chi connectivity index (χ1n) is 7.44. The number of benzene rings is 2. The van der Waals surface area contributed by atoms with Crippen LogP contribution in [0.25, 0.3) is 0 Å². The highest BCUT2D eigenvalue weighted by molar-refractivity contribution is 5.95. The molecule has 0 heterocycles. The molecule has 2 aromatic rings. The van der Waals surface area contributed by atoms with Crippen molar-refractivity contribution in [2.24, 2.45) is 5.10 Å². The normalized spacial score (nSPS) is 10.5. The molecule has 0 atom stereocenters. The molecule has 0 fully saturated rings. The maximum atomic E-state index is 11.9. The Hall–Kier alpha value is -2.95. The first-order chi connectivity index (χ1) is 11.2. The van der Waals surface area contributed by atoms with Crippen LogP contribution in [0.15, 0.2) is 59.7 Å². The highest BCUT2D eigenvalue weighted by Gasteiger charge is 2.04. The largest absolute Gasteiger partial charge is 0.326 e. The molecule has 0 saturated heterocycles. The highest BCUT2D eigenvalue weighted by Crippen LogP contribution is 2.09. The van der Waals surface area contributed by atoms with Crippen molar-refractivity contribution in [3.8, 4) is 0 Å². The summed E-state index contributed by atoms with van der Waals surface area (Å²) in [6, 6.07) is 16.5. The van der Waals surface area contributed by atoms with Gasteiger partial charge in [0.2, 0.25) is 5.91 Å². The predicted octanol–water partition coefficient (Wildman–Crippen LogP) is 2.99. The van der Waals surface area contributed by atoms with Gasteiger partial charge in [-0.2, -0.15) is 5.10 Å². The molecular weight excluding hydrogens is 290 g/mol. The minimum Gasteiger partial charge on any atom is -0.326 e. The zero-order valence-electron chi connectivity index (χ0n) is 13.0. The van der Waals surface area contributed by atoms with E-state index in [1.165, 1.54) is 0 Å². The molecule has 0 bridgehead atoms. The lowest BCUT2D eigenvalue weighted by atomic mass is 10.2. The molecule has 118 valence electrons. The van der Waals surface area contributed by atoms with Crippen molar-refractivity contribution >= 4 is 23.7 Å². The average molecular weight is 309 g/mol. The van der Waals surface area contributed by atoms with Crippen LogP contribution in [0.3, 0.4) is 0 Å². The van der Waals surface area contributed by atoms with Crippen LogP contribution in [0.1, 0.15) is 29.3 Å². The highest BCUT2D eigenvalue weighted by atomic mass is 16.2. The molecule has 0 radical (unpaired) electrons. The first kappa shape index (κ1) is 16.4. The summed E-state index contributed by atoms with van der Waals surface area (Å²) in [6.07, 6.45) is 2.73. The summed E-state index contributed by atoms with van der Waals surface area (Å²) in [7, 11) is 0. The van der Waals surface area contributed by atoms with Crippen molar-refractivity contribution in [3.05, 3.63) is 65.7 Å². The van der Waals surface area contributed by atoms with Crippen LogP contribution in [-0.2, 0) is 11.2 Å². The second-order valence-corrected chi connectivity index (χ2v) is 4.92. The lowest BCUT2D eigenvalue weighted by Gasteiger charge is -2.04. The van der Waals surface area contributed by atoms with E-state index in [4.69, 9.17) is 0 Å². The molecule has 2 rings (SSSR count). The van der Waals surface area contributed by atoms with Gasteiger partial charge in [0.1, 0.15) is 0 Å². The molecule has 0 aromatic heterocycles. The molecule has 23 heavy (non-hydrogen) atoms. The number of carbonyl (C=O) groups is 2. The Bertz CT molecular complexity index is 679. The van der Waals surface area contributed by atoms with Gasteiger partial charge in [0.15, 0.2) is 0 Å². The van der Waals surface area contributed by atoms with Crippen molar-refractivity contribution in [2.45, 2.75) is 19.8 Å². The molecular formula is C18H19N3O2. The molecule has 0 saturated carbocycles. The maximum Gasteiger partial charge on any atom is 0.271 e. The van der Waals surface area contributed by atoms with Crippen LogP contribution in [0.5, 0.6) is 0 Å². The smallest absolute Gasteiger partial charge is 0.271 e. The third-order valence-electron chi connectivity index (χ3n) is 3.18. The van der Waals surface area contributed by atoms with Gasteiger partial charge in [0, 0.05) is 30.3 Å². The number of amides is 2. The topological polar surface area (TPSA) is 70.6 Å². The standard InChI is InChI=1S/C18H19N3O2/c1-2-17(22)20-16-10-8-15(9-11-16)18(23)21-19-13-12-14-6-4-3-5-7-14/h3-11,13H,2,12H2,1H3,(H,20,22)(H,21,23)/b19-13+. The number of rotatable bonds is 6. The van der Waals surface area contributed by atoms with Crippen LogP contribution in [0.4, 0.5) is 5.69 Å². The maximum absolute atomic E-state index is 11.9. The van der Waals surface area contributed by atoms with Crippen molar-refractivity contribution in [2.75, 3.05) is 5.32 Å². The number of hydrazone groups is 1. The van der Waals surface area contributed by atoms with Gasteiger partial charge in [-0.3, -0.25) is 9.59 Å². The molecule has 0 aliphatic heterocycles. The van der Waals surface area contributed by atoms with E-state index in [0.717, 1.165) is 5.56 Å². The lowest BCUT2D eigenvalue weighted by molar-refractivity contribution is -0.115. The van der Waals surface area contributed by atoms with Crippen molar-refractivity contribution in [1.82, 2.24) is 5.43 Å². The summed E-state index contributed by atoms with van der Waals surface area (Å²) in [5, 5.41) is 6.66. The molecule has 2 amide bonds. The van der Waals surface area contributed by atoms with Gasteiger partial charge in [-0.25, -0.2) is 5.43 Å². The predicted molar refractivity (Wildman–Crippen MR) is 91.5 cm³/mol. The van der Waals surface area contributed by atoms with Gasteiger partial charge in [-0.15, -0.1) is 0 Å². The Morgan fingerprint density at radius 2 is 1.74 bits per heavy atom. The summed E-state index contributed by atoms with van der Waals surface area (Å²) < 4.78 is 0. The van der Waals surface area contributed by atoms with Crippen molar-refractivity contribution < 1.29 is 9.59 Å². The van der Waals surface area contributed by atoms with Gasteiger partial charge in [-0.05, 0) is 29.8 Å². The number of nitrogens with zero attached hydrogens (tertiary/aromatic N) is 1. The molecule has 5 nitrogen and oxygen atoms in total. The molecule has 2 N–H and O–H groups in total. The van der Waals surface area contributed by atoms with E-state index in [1.807, 2.05) is 30.3 Å². The second-order valence-electron chi connectivity index (χ2n) is 4.92. The quantitative estimate of drug-likeness (QED) is 0.636. The van der Waals surface area contributed by atoms with E-state index >= 15 is 0 Å². The number of nitrogens with one attached hydrogen (secondary N) is 2. The van der Waals surface area contributed by atoms with Gasteiger partial charge in [-0.1, -0.05) is 37.3 Å². The molecule has 0 unspecified atom stereocenters. The van der Waals surface area contributed by atoms with E-state index in [9.17, 15) is 9.59 Å². The third-order valence-corrected chi connectivity index (χ3v) is 3.18. The zero-order valence-corrected chi connectivity index (χ0v) is 13.0. The van der Waals surface area contributed by atoms with Gasteiger partial charge >= 0.3 is 0 Å². The second kappa shape index (κ2) is 8.48. The number of hydrogen-bond donors (Lipinski definition) is 2. The molecule has 2 aromatic carbocycles. The van der Waals surface area contributed by atoms with Crippen molar-refractivity contribution in [1.29, 1.82) is 0 Å². The Morgan fingerprint density at radius 1 is 1.04 bits per heavy atom. The van der Waals surface area contributed by atoms with E-state index in [0.29, 0.717) is 24.1 Å². The fourth-order valence-corrected chi connectivity index (χ4v) is 1.89.